The van der Waals surface area contributed by atoms with Crippen LogP contribution < -0.4 is 30.2 Å². The lowest BCUT2D eigenvalue weighted by atomic mass is 9.93. The van der Waals surface area contributed by atoms with Crippen molar-refractivity contribution >= 4 is 79.8 Å². The van der Waals surface area contributed by atoms with Gasteiger partial charge in [0.2, 0.25) is 17.7 Å². The van der Waals surface area contributed by atoms with Gasteiger partial charge in [-0.25, -0.2) is 8.42 Å². The van der Waals surface area contributed by atoms with E-state index in [-0.39, 0.29) is 69.4 Å². The highest BCUT2D eigenvalue weighted by Crippen LogP contribution is 2.37. The second kappa shape index (κ2) is 30.1. The van der Waals surface area contributed by atoms with Crippen molar-refractivity contribution in [3.8, 4) is 28.4 Å². The Hall–Kier alpha value is -6.69. The maximum atomic E-state index is 13.3. The van der Waals surface area contributed by atoms with Gasteiger partial charge in [0, 0.05) is 101 Å². The second-order valence-electron chi connectivity index (χ2n) is 19.9. The number of carboxylic acid groups (broad SMARTS) is 1. The molecule has 0 spiro atoms. The molecule has 464 valence electrons. The van der Waals surface area contributed by atoms with Gasteiger partial charge in [-0.2, -0.15) is 25.3 Å². The first-order chi connectivity index (χ1) is 39.9. The average molecular weight is 1330 g/mol. The predicted octanol–water partition coefficient (Wildman–Crippen LogP) is 2.37. The molecule has 1 aliphatic heterocycles. The number of pyridine rings is 1. The number of carboxylic acids is 1. The van der Waals surface area contributed by atoms with E-state index in [1.165, 1.54) is 23.4 Å². The summed E-state index contributed by atoms with van der Waals surface area (Å²) in [6.07, 6.45) is 5.58. The van der Waals surface area contributed by atoms with Crippen LogP contribution in [0, 0.1) is 13.8 Å². The SMILES string of the molecule is Cc1c(COc2cc(OCc3cncc(S(C)(=O)=O)c3)c(CN[C@@H](CS(=O)(=O)O)C(=O)NCCS(=O)(=O)O)cc2Br)cccc1-c1cccc(OCc2cn(CCCN3CCN(C(=O)[C@H](CS(=O)(=O)O)NC(=O)CCCC(=O)O)CC3)nn2)c1C. The van der Waals surface area contributed by atoms with Crippen molar-refractivity contribution in [3.05, 3.63) is 111 Å². The van der Waals surface area contributed by atoms with Gasteiger partial charge in [-0.15, -0.1) is 5.10 Å². The quantitative estimate of drug-likeness (QED) is 0.0304. The molecular formula is C52H66BrN9O19S4. The highest BCUT2D eigenvalue weighted by atomic mass is 79.9. The van der Waals surface area contributed by atoms with Gasteiger partial charge in [-0.05, 0) is 88.6 Å². The first-order valence-electron chi connectivity index (χ1n) is 26.2. The van der Waals surface area contributed by atoms with Crippen LogP contribution in [0.15, 0.2) is 82.6 Å². The molecule has 7 N–H and O–H groups in total. The molecule has 3 aromatic carbocycles. The standard InChI is InChI=1S/C52H66BrN9O19S4/c1-34-37(30-80-48-24-47(79-29-36-22-40(27-54-25-36)82(3,68)69)38(23-43(48)53)26-56-44(32-84(73,74)75)51(66)55-14-21-83(70,71)72)8-4-9-41(34)42-10-5-11-46(35(42)2)81-31-39-28-62(59-58-39)16-7-15-60-17-19-61(20-18-60)52(67)45(33-85(76,77)78)57-49(63)12-6-13-50(64)65/h4-5,8-11,22-25,27-28,44-45,56H,6-7,12-21,26,29-33H2,1-3H3,(H,55,66)(H,57,63)(H,64,65)(H,70,71,72)(H,73,74,75)(H,76,77,78)/t44-,45-/m0/s1. The average Bonchev–Trinajstić information content (AvgIpc) is 3.92. The monoisotopic (exact) mass is 1330 g/mol. The number of rotatable bonds is 32. The number of benzene rings is 3. The van der Waals surface area contributed by atoms with Gasteiger partial charge in [0.25, 0.3) is 30.4 Å². The number of hydrogen-bond acceptors (Lipinski definition) is 20. The molecular weight excluding hydrogens is 1260 g/mol. The van der Waals surface area contributed by atoms with E-state index in [0.29, 0.717) is 65.4 Å². The topological polar surface area (TPSA) is 400 Å². The number of ether oxygens (including phenoxy) is 3. The first kappa shape index (κ1) is 67.4. The van der Waals surface area contributed by atoms with Crippen LogP contribution in [0.3, 0.4) is 0 Å². The Morgan fingerprint density at radius 1 is 0.718 bits per heavy atom. The molecule has 28 nitrogen and oxygen atoms in total. The third-order valence-electron chi connectivity index (χ3n) is 13.3. The van der Waals surface area contributed by atoms with Crippen molar-refractivity contribution in [2.75, 3.05) is 62.8 Å². The largest absolute Gasteiger partial charge is 0.488 e. The third-order valence-corrected chi connectivity index (χ3v) is 17.2. The summed E-state index contributed by atoms with van der Waals surface area (Å²) >= 11 is 3.54. The molecule has 3 amide bonds. The van der Waals surface area contributed by atoms with Crippen molar-refractivity contribution in [1.82, 2.24) is 45.7 Å². The van der Waals surface area contributed by atoms with Gasteiger partial charge in [-0.3, -0.25) is 47.4 Å². The summed E-state index contributed by atoms with van der Waals surface area (Å²) in [5.41, 5.74) is 5.65. The minimum atomic E-state index is -4.76. The van der Waals surface area contributed by atoms with Crippen molar-refractivity contribution in [1.29, 1.82) is 0 Å². The summed E-state index contributed by atoms with van der Waals surface area (Å²) in [6.45, 7) is 5.67. The van der Waals surface area contributed by atoms with Gasteiger partial charge in [-0.1, -0.05) is 35.5 Å². The minimum absolute atomic E-state index is 0.00594. The van der Waals surface area contributed by atoms with E-state index in [1.807, 2.05) is 50.2 Å². The normalized spacial score (nSPS) is 14.1. The zero-order chi connectivity index (χ0) is 62.3. The van der Waals surface area contributed by atoms with Gasteiger partial charge in [0.05, 0.1) is 27.1 Å². The molecule has 0 radical (unpaired) electrons. The number of sulfone groups is 1. The summed E-state index contributed by atoms with van der Waals surface area (Å²) in [5, 5.41) is 24.7. The lowest BCUT2D eigenvalue weighted by Crippen LogP contribution is -2.56. The smallest absolute Gasteiger partial charge is 0.303 e. The number of aryl methyl sites for hydroxylation is 1. The molecule has 2 atom stereocenters. The first-order valence-corrected chi connectivity index (χ1v) is 33.7. The number of nitrogens with one attached hydrogen (secondary N) is 3. The molecule has 2 aromatic heterocycles. The molecule has 6 rings (SSSR count). The van der Waals surface area contributed by atoms with E-state index in [0.717, 1.165) is 34.1 Å². The third kappa shape index (κ3) is 22.0. The number of carbonyl (C=O) groups excluding carboxylic acids is 3. The molecule has 1 fully saturated rings. The van der Waals surface area contributed by atoms with Crippen molar-refractivity contribution < 1.29 is 85.8 Å². The van der Waals surface area contributed by atoms with Crippen LogP contribution in [-0.2, 0) is 92.3 Å². The van der Waals surface area contributed by atoms with Crippen molar-refractivity contribution in [2.24, 2.45) is 0 Å². The fourth-order valence-electron chi connectivity index (χ4n) is 8.90. The highest BCUT2D eigenvalue weighted by Gasteiger charge is 2.32. The molecule has 1 aliphatic rings. The second-order valence-corrected chi connectivity index (χ2v) is 27.4. The van der Waals surface area contributed by atoms with Gasteiger partial charge < -0.3 is 40.2 Å². The summed E-state index contributed by atoms with van der Waals surface area (Å²) in [5.74, 6) is -5.36. The molecule has 0 bridgehead atoms. The number of hydrogen-bond donors (Lipinski definition) is 7. The van der Waals surface area contributed by atoms with E-state index in [4.69, 9.17) is 23.9 Å². The number of carbonyl (C=O) groups is 4. The van der Waals surface area contributed by atoms with Crippen LogP contribution in [0.25, 0.3) is 11.1 Å². The fourth-order valence-corrected chi connectivity index (χ4v) is 11.7. The van der Waals surface area contributed by atoms with Gasteiger partial charge in [0.15, 0.2) is 9.84 Å². The molecule has 0 aliphatic carbocycles. The van der Waals surface area contributed by atoms with Crippen LogP contribution in [0.2, 0.25) is 0 Å². The molecule has 0 saturated carbocycles. The van der Waals surface area contributed by atoms with E-state index >= 15 is 0 Å². The summed E-state index contributed by atoms with van der Waals surface area (Å²) in [4.78, 5) is 56.9. The van der Waals surface area contributed by atoms with Gasteiger partial charge >= 0.3 is 5.97 Å². The number of aliphatic carboxylic acids is 1. The van der Waals surface area contributed by atoms with Crippen molar-refractivity contribution in [3.63, 3.8) is 0 Å². The number of piperazine rings is 1. The maximum absolute atomic E-state index is 13.3. The Balaban J connectivity index is 1.07. The Labute approximate surface area is 500 Å². The van der Waals surface area contributed by atoms with E-state index in [9.17, 15) is 62.0 Å². The molecule has 85 heavy (non-hydrogen) atoms. The van der Waals surface area contributed by atoms with E-state index < -0.39 is 99.8 Å². The molecule has 33 heteroatoms. The van der Waals surface area contributed by atoms with E-state index in [2.05, 4.69) is 52.1 Å². The molecule has 0 unspecified atom stereocenters. The van der Waals surface area contributed by atoms with Crippen molar-refractivity contribution in [2.45, 2.75) is 89.4 Å². The van der Waals surface area contributed by atoms with Gasteiger partial charge in [0.1, 0.15) is 60.6 Å². The van der Waals surface area contributed by atoms with Crippen LogP contribution in [-0.4, -0.2) is 181 Å². The van der Waals surface area contributed by atoms with Crippen LogP contribution in [0.4, 0.5) is 0 Å². The number of halogens is 1. The molecule has 3 heterocycles. The highest BCUT2D eigenvalue weighted by molar-refractivity contribution is 9.10. The zero-order valence-electron chi connectivity index (χ0n) is 46.4. The summed E-state index contributed by atoms with van der Waals surface area (Å²) in [6, 6.07) is 12.8. The lowest BCUT2D eigenvalue weighted by molar-refractivity contribution is -0.138. The molecule has 1 saturated heterocycles. The van der Waals surface area contributed by atoms with Crippen LogP contribution in [0.5, 0.6) is 17.2 Å². The summed E-state index contributed by atoms with van der Waals surface area (Å²) in [7, 11) is -17.5. The number of nitrogens with zero attached hydrogens (tertiary/aromatic N) is 6. The van der Waals surface area contributed by atoms with E-state index in [1.54, 1.807) is 23.0 Å². The summed E-state index contributed by atoms with van der Waals surface area (Å²) < 4.78 is 143. The Bertz CT molecular complexity index is 3680. The number of amides is 3. The predicted molar refractivity (Wildman–Crippen MR) is 310 cm³/mol. The zero-order valence-corrected chi connectivity index (χ0v) is 51.3. The lowest BCUT2D eigenvalue weighted by Gasteiger charge is -2.36. The van der Waals surface area contributed by atoms with Crippen LogP contribution in [0.1, 0.15) is 59.2 Å². The fraction of sp³-hybridized carbons (Fsp3) is 0.442. The number of aromatic nitrogens is 4. The Morgan fingerprint density at radius 3 is 2.05 bits per heavy atom. The minimum Gasteiger partial charge on any atom is -0.488 e. The maximum Gasteiger partial charge on any atom is 0.303 e. The Morgan fingerprint density at radius 2 is 1.38 bits per heavy atom. The molecule has 5 aromatic rings. The Kier molecular flexibility index (Phi) is 23.9. The van der Waals surface area contributed by atoms with Crippen LogP contribution >= 0.6 is 15.9 Å².